The van der Waals surface area contributed by atoms with Gasteiger partial charge in [0.05, 0.1) is 17.9 Å². The molecule has 1 aliphatic rings. The second-order valence-corrected chi connectivity index (χ2v) is 5.60. The van der Waals surface area contributed by atoms with Crippen molar-refractivity contribution >= 4 is 11.6 Å². The van der Waals surface area contributed by atoms with E-state index in [1.807, 2.05) is 0 Å². The molecule has 28 heavy (non-hydrogen) atoms. The summed E-state index contributed by atoms with van der Waals surface area (Å²) in [4.78, 5) is 37.4. The second-order valence-electron chi connectivity index (χ2n) is 5.60. The van der Waals surface area contributed by atoms with Crippen LogP contribution in [-0.2, 0) is 11.0 Å². The Kier molecular flexibility index (Phi) is 4.38. The average Bonchev–Trinajstić information content (AvgIpc) is 2.60. The number of hydrogen-bond donors (Lipinski definition) is 1. The zero-order valence-electron chi connectivity index (χ0n) is 13.8. The Labute approximate surface area is 153 Å². The van der Waals surface area contributed by atoms with E-state index < -0.39 is 47.1 Å². The molecule has 12 heteroatoms. The molecule has 8 nitrogen and oxygen atoms in total. The number of fused-ring (bicyclic) bond motifs is 1. The molecule has 0 radical (unpaired) electrons. The van der Waals surface area contributed by atoms with Crippen molar-refractivity contribution in [3.63, 3.8) is 0 Å². The molecule has 2 heterocycles. The number of anilines is 1. The fraction of sp³-hybridized carbons (Fsp3) is 0.188. The molecule has 0 spiro atoms. The highest BCUT2D eigenvalue weighted by atomic mass is 19.4. The maximum absolute atomic E-state index is 14.5. The minimum atomic E-state index is -5.08. The summed E-state index contributed by atoms with van der Waals surface area (Å²) >= 11 is 0. The van der Waals surface area contributed by atoms with Gasteiger partial charge in [-0.1, -0.05) is 5.92 Å². The maximum Gasteiger partial charge on any atom is 0.433 e. The van der Waals surface area contributed by atoms with Gasteiger partial charge >= 0.3 is 11.9 Å². The molecule has 3 rings (SSSR count). The van der Waals surface area contributed by atoms with Gasteiger partial charge in [-0.3, -0.25) is 14.5 Å². The fourth-order valence-electron chi connectivity index (χ4n) is 2.64. The van der Waals surface area contributed by atoms with Crippen LogP contribution in [0.25, 0.3) is 5.69 Å². The monoisotopic (exact) mass is 398 g/mol. The number of ether oxygens (including phenoxy) is 1. The summed E-state index contributed by atoms with van der Waals surface area (Å²) in [6.45, 7) is -0.632. The van der Waals surface area contributed by atoms with E-state index in [4.69, 9.17) is 17.0 Å². The number of halogens is 4. The second kappa shape index (κ2) is 6.45. The lowest BCUT2D eigenvalue weighted by Gasteiger charge is -2.28. The molecule has 1 aliphatic heterocycles. The van der Waals surface area contributed by atoms with Gasteiger partial charge in [0.15, 0.2) is 18.1 Å². The van der Waals surface area contributed by atoms with Crippen LogP contribution in [0, 0.1) is 18.2 Å². The first-order chi connectivity index (χ1) is 13.1. The van der Waals surface area contributed by atoms with Gasteiger partial charge in [0.2, 0.25) is 0 Å². The first-order valence-electron chi connectivity index (χ1n) is 7.48. The number of nitrogen functional groups attached to an aromatic ring is 1. The first-order valence-corrected chi connectivity index (χ1v) is 7.48. The lowest BCUT2D eigenvalue weighted by atomic mass is 10.2. The number of hydrogen-bond acceptors (Lipinski definition) is 5. The Balaban J connectivity index is 2.28. The SMILES string of the molecule is C#CCN1C(=O)COc2cc(F)c(-n3c(=O)cc(C(F)(F)F)n(N)c3=O)cc21. The minimum absolute atomic E-state index is 0.0552. The third kappa shape index (κ3) is 2.96. The van der Waals surface area contributed by atoms with Gasteiger partial charge in [-0.2, -0.15) is 13.2 Å². The van der Waals surface area contributed by atoms with Crippen LogP contribution in [0.1, 0.15) is 5.69 Å². The van der Waals surface area contributed by atoms with Gasteiger partial charge in [-0.15, -0.1) is 6.42 Å². The molecule has 0 saturated heterocycles. The summed E-state index contributed by atoms with van der Waals surface area (Å²) in [6, 6.07) is 1.74. The molecule has 0 atom stereocenters. The minimum Gasteiger partial charge on any atom is -0.481 e. The van der Waals surface area contributed by atoms with Crippen LogP contribution in [-0.4, -0.2) is 28.3 Å². The highest BCUT2D eigenvalue weighted by Crippen LogP contribution is 2.35. The van der Waals surface area contributed by atoms with Crippen LogP contribution in [0.2, 0.25) is 0 Å². The summed E-state index contributed by atoms with van der Waals surface area (Å²) in [6.07, 6.45) is 0.114. The Hall–Kier alpha value is -3.75. The van der Waals surface area contributed by atoms with E-state index in [9.17, 15) is 31.9 Å². The summed E-state index contributed by atoms with van der Waals surface area (Å²) in [5, 5.41) is 0. The first kappa shape index (κ1) is 19.0. The van der Waals surface area contributed by atoms with Crippen LogP contribution >= 0.6 is 0 Å². The number of alkyl halides is 3. The third-order valence-corrected chi connectivity index (χ3v) is 3.89. The topological polar surface area (TPSA) is 99.6 Å². The molecular weight excluding hydrogens is 388 g/mol. The van der Waals surface area contributed by atoms with E-state index in [2.05, 4.69) is 5.92 Å². The number of nitrogens with zero attached hydrogens (tertiary/aromatic N) is 3. The third-order valence-electron chi connectivity index (χ3n) is 3.89. The molecule has 146 valence electrons. The van der Waals surface area contributed by atoms with Gasteiger partial charge in [-0.05, 0) is 6.07 Å². The Bertz CT molecular complexity index is 1140. The molecular formula is C16H10F4N4O4. The molecule has 1 aromatic heterocycles. The van der Waals surface area contributed by atoms with Crippen LogP contribution < -0.4 is 26.7 Å². The Morgan fingerprint density at radius 3 is 2.46 bits per heavy atom. The number of benzene rings is 1. The maximum atomic E-state index is 14.5. The normalized spacial score (nSPS) is 13.7. The molecule has 2 N–H and O–H groups in total. The van der Waals surface area contributed by atoms with E-state index in [1.165, 1.54) is 0 Å². The van der Waals surface area contributed by atoms with Gasteiger partial charge in [0.25, 0.3) is 11.5 Å². The number of amides is 1. The van der Waals surface area contributed by atoms with Crippen LogP contribution in [0.5, 0.6) is 5.75 Å². The van der Waals surface area contributed by atoms with E-state index in [0.29, 0.717) is 0 Å². The average molecular weight is 398 g/mol. The van der Waals surface area contributed by atoms with Crippen molar-refractivity contribution in [3.05, 3.63) is 50.5 Å². The van der Waals surface area contributed by atoms with Crippen molar-refractivity contribution in [1.29, 1.82) is 0 Å². The summed E-state index contributed by atoms with van der Waals surface area (Å²) in [5.41, 5.74) is -5.58. The smallest absolute Gasteiger partial charge is 0.433 e. The molecule has 1 aromatic carbocycles. The lowest BCUT2D eigenvalue weighted by Crippen LogP contribution is -2.45. The van der Waals surface area contributed by atoms with Gasteiger partial charge in [-0.25, -0.2) is 18.4 Å². The quantitative estimate of drug-likeness (QED) is 0.444. The summed E-state index contributed by atoms with van der Waals surface area (Å²) in [7, 11) is 0. The van der Waals surface area contributed by atoms with E-state index >= 15 is 0 Å². The van der Waals surface area contributed by atoms with Gasteiger partial charge in [0, 0.05) is 12.1 Å². The van der Waals surface area contributed by atoms with E-state index in [-0.39, 0.29) is 33.3 Å². The van der Waals surface area contributed by atoms with Crippen LogP contribution in [0.4, 0.5) is 23.2 Å². The van der Waals surface area contributed by atoms with Crippen molar-refractivity contribution in [2.24, 2.45) is 0 Å². The molecule has 2 aromatic rings. The predicted octanol–water partition coefficient (Wildman–Crippen LogP) is 0.230. The van der Waals surface area contributed by atoms with Crippen molar-refractivity contribution in [1.82, 2.24) is 9.24 Å². The number of carbonyl (C=O) groups is 1. The largest absolute Gasteiger partial charge is 0.481 e. The molecule has 0 aliphatic carbocycles. The number of terminal acetylenes is 1. The zero-order valence-corrected chi connectivity index (χ0v) is 13.8. The van der Waals surface area contributed by atoms with Crippen molar-refractivity contribution in [3.8, 4) is 23.8 Å². The predicted molar refractivity (Wildman–Crippen MR) is 88.1 cm³/mol. The van der Waals surface area contributed by atoms with Crippen molar-refractivity contribution in [2.75, 3.05) is 23.9 Å². The molecule has 0 saturated carbocycles. The molecule has 1 amide bonds. The summed E-state index contributed by atoms with van der Waals surface area (Å²) in [5.74, 6) is 5.54. The van der Waals surface area contributed by atoms with Gasteiger partial charge in [0.1, 0.15) is 5.75 Å². The molecule has 0 bridgehead atoms. The number of carbonyl (C=O) groups excluding carboxylic acids is 1. The fourth-order valence-corrected chi connectivity index (χ4v) is 2.64. The molecule has 0 unspecified atom stereocenters. The van der Waals surface area contributed by atoms with Crippen molar-refractivity contribution < 1.29 is 27.1 Å². The Morgan fingerprint density at radius 1 is 1.18 bits per heavy atom. The van der Waals surface area contributed by atoms with E-state index in [0.717, 1.165) is 17.0 Å². The Morgan fingerprint density at radius 2 is 1.86 bits per heavy atom. The number of rotatable bonds is 2. The lowest BCUT2D eigenvalue weighted by molar-refractivity contribution is -0.143. The van der Waals surface area contributed by atoms with E-state index in [1.54, 1.807) is 0 Å². The van der Waals surface area contributed by atoms with Gasteiger partial charge < -0.3 is 10.6 Å². The number of aromatic nitrogens is 2. The standard InChI is InChI=1S/C16H10F4N4O4/c1-2-3-22-10-5-9(8(17)4-11(10)28-7-14(22)26)23-13(25)6-12(16(18,19)20)24(21)15(23)27/h1,4-6H,3,7,21H2. The van der Waals surface area contributed by atoms with Crippen molar-refractivity contribution in [2.45, 2.75) is 6.18 Å². The van der Waals surface area contributed by atoms with Crippen LogP contribution in [0.3, 0.4) is 0 Å². The summed E-state index contributed by atoms with van der Waals surface area (Å²) < 4.78 is 58.0. The highest BCUT2D eigenvalue weighted by molar-refractivity contribution is 5.98. The molecule has 0 fully saturated rings. The van der Waals surface area contributed by atoms with Crippen LogP contribution in [0.15, 0.2) is 27.8 Å². The zero-order chi connectivity index (χ0) is 20.8. The highest BCUT2D eigenvalue weighted by Gasteiger charge is 2.36. The number of nitrogens with two attached hydrogens (primary N) is 1.